The van der Waals surface area contributed by atoms with E-state index in [4.69, 9.17) is 0 Å². The average molecular weight is 231 g/mol. The predicted octanol–water partition coefficient (Wildman–Crippen LogP) is 2.27. The van der Waals surface area contributed by atoms with E-state index >= 15 is 0 Å². The summed E-state index contributed by atoms with van der Waals surface area (Å²) in [7, 11) is 0. The molecule has 0 saturated heterocycles. The van der Waals surface area contributed by atoms with Crippen molar-refractivity contribution >= 4 is 5.97 Å². The number of hydrogen-bond acceptors (Lipinski definition) is 2. The van der Waals surface area contributed by atoms with E-state index in [0.717, 1.165) is 31.2 Å². The fraction of sp³-hybridized carbons (Fsp3) is 0.533. The molecule has 0 N–H and O–H groups in total. The maximum absolute atomic E-state index is 11.3. The molecule has 0 radical (unpaired) electrons. The highest BCUT2D eigenvalue weighted by Crippen LogP contribution is 2.44. The summed E-state index contributed by atoms with van der Waals surface area (Å²) in [5, 5.41) is 11.3. The van der Waals surface area contributed by atoms with Crippen LogP contribution in [0.1, 0.15) is 44.6 Å². The predicted molar refractivity (Wildman–Crippen MR) is 65.4 cm³/mol. The van der Waals surface area contributed by atoms with E-state index < -0.39 is 11.9 Å². The van der Waals surface area contributed by atoms with E-state index in [9.17, 15) is 9.90 Å². The van der Waals surface area contributed by atoms with Crippen molar-refractivity contribution in [2.45, 2.75) is 44.4 Å². The molecule has 2 heteroatoms. The second-order valence-electron chi connectivity index (χ2n) is 5.12. The number of rotatable bonds is 3. The molecule has 0 aliphatic heterocycles. The van der Waals surface area contributed by atoms with E-state index in [-0.39, 0.29) is 5.41 Å². The Kier molecular flexibility index (Phi) is 3.51. The third-order valence-electron chi connectivity index (χ3n) is 4.28. The van der Waals surface area contributed by atoms with Gasteiger partial charge in [-0.1, -0.05) is 56.5 Å². The lowest BCUT2D eigenvalue weighted by molar-refractivity contribution is -0.313. The van der Waals surface area contributed by atoms with Gasteiger partial charge < -0.3 is 9.90 Å². The summed E-state index contributed by atoms with van der Waals surface area (Å²) in [5.41, 5.74) is 0.953. The van der Waals surface area contributed by atoms with Crippen LogP contribution in [0.15, 0.2) is 30.3 Å². The Hall–Kier alpha value is -1.31. The second-order valence-corrected chi connectivity index (χ2v) is 5.12. The fourth-order valence-corrected chi connectivity index (χ4v) is 3.15. The number of carbonyl (C=O) groups excluding carboxylic acids is 1. The summed E-state index contributed by atoms with van der Waals surface area (Å²) >= 11 is 0. The topological polar surface area (TPSA) is 40.1 Å². The molecule has 1 aliphatic carbocycles. The smallest absolute Gasteiger partial charge is 0.0451 e. The van der Waals surface area contributed by atoms with E-state index in [2.05, 4.69) is 12.1 Å². The number of carboxylic acids is 1. The quantitative estimate of drug-likeness (QED) is 0.800. The Balaban J connectivity index is 2.39. The van der Waals surface area contributed by atoms with Crippen molar-refractivity contribution in [3.8, 4) is 0 Å². The van der Waals surface area contributed by atoms with Crippen LogP contribution in [-0.4, -0.2) is 5.97 Å². The van der Waals surface area contributed by atoms with Crippen molar-refractivity contribution in [3.05, 3.63) is 35.9 Å². The van der Waals surface area contributed by atoms with E-state index in [1.807, 2.05) is 18.2 Å². The van der Waals surface area contributed by atoms with Crippen molar-refractivity contribution in [2.75, 3.05) is 0 Å². The number of carboxylic acid groups (broad SMARTS) is 1. The van der Waals surface area contributed by atoms with Gasteiger partial charge in [-0.15, -0.1) is 0 Å². The molecule has 0 amide bonds. The summed E-state index contributed by atoms with van der Waals surface area (Å²) in [6.07, 6.45) is 5.38. The number of hydrogen-bond donors (Lipinski definition) is 0. The minimum Gasteiger partial charge on any atom is -0.550 e. The molecule has 1 aromatic rings. The molecule has 1 saturated carbocycles. The van der Waals surface area contributed by atoms with Crippen LogP contribution in [0.4, 0.5) is 0 Å². The Morgan fingerprint density at radius 1 is 1.18 bits per heavy atom. The lowest BCUT2D eigenvalue weighted by Gasteiger charge is -2.43. The van der Waals surface area contributed by atoms with Gasteiger partial charge in [-0.2, -0.15) is 0 Å². The maximum Gasteiger partial charge on any atom is 0.0451 e. The first-order valence-electron chi connectivity index (χ1n) is 6.43. The van der Waals surface area contributed by atoms with Gasteiger partial charge in [-0.05, 0) is 18.4 Å². The fourth-order valence-electron chi connectivity index (χ4n) is 3.15. The Morgan fingerprint density at radius 2 is 1.76 bits per heavy atom. The van der Waals surface area contributed by atoms with Crippen molar-refractivity contribution < 1.29 is 9.90 Å². The standard InChI is InChI=1S/C15H20O2/c1-12(14(16)17)15(10-6-3-7-11-15)13-8-4-2-5-9-13/h2,4-5,8-9,12H,3,6-7,10-11H2,1H3,(H,16,17)/p-1. The molecule has 0 spiro atoms. The van der Waals surface area contributed by atoms with E-state index in [0.29, 0.717) is 0 Å². The summed E-state index contributed by atoms with van der Waals surface area (Å²) in [4.78, 5) is 11.3. The average Bonchev–Trinajstić information content (AvgIpc) is 2.39. The Labute approximate surface area is 103 Å². The van der Waals surface area contributed by atoms with Crippen molar-refractivity contribution in [1.82, 2.24) is 0 Å². The summed E-state index contributed by atoms with van der Waals surface area (Å²) < 4.78 is 0. The zero-order valence-corrected chi connectivity index (χ0v) is 10.3. The highest BCUT2D eigenvalue weighted by Gasteiger charge is 2.39. The van der Waals surface area contributed by atoms with Crippen molar-refractivity contribution in [3.63, 3.8) is 0 Å². The van der Waals surface area contributed by atoms with Gasteiger partial charge >= 0.3 is 0 Å². The summed E-state index contributed by atoms with van der Waals surface area (Å²) in [5.74, 6) is -1.33. The molecule has 1 aliphatic rings. The number of benzene rings is 1. The van der Waals surface area contributed by atoms with Gasteiger partial charge in [0.2, 0.25) is 0 Å². The van der Waals surface area contributed by atoms with Gasteiger partial charge in [0.25, 0.3) is 0 Å². The second kappa shape index (κ2) is 4.91. The maximum atomic E-state index is 11.3. The molecule has 1 aromatic carbocycles. The molecule has 0 heterocycles. The van der Waals surface area contributed by atoms with Crippen LogP contribution in [0.5, 0.6) is 0 Å². The monoisotopic (exact) mass is 231 g/mol. The molecular weight excluding hydrogens is 212 g/mol. The highest BCUT2D eigenvalue weighted by molar-refractivity contribution is 5.70. The molecule has 92 valence electrons. The number of aliphatic carboxylic acids is 1. The molecule has 2 rings (SSSR count). The summed E-state index contributed by atoms with van der Waals surface area (Å²) in [6.45, 7) is 1.80. The first-order chi connectivity index (χ1) is 8.17. The molecule has 1 unspecified atom stereocenters. The lowest BCUT2D eigenvalue weighted by atomic mass is 9.62. The first-order valence-corrected chi connectivity index (χ1v) is 6.43. The third kappa shape index (κ3) is 2.21. The van der Waals surface area contributed by atoms with E-state index in [1.165, 1.54) is 6.42 Å². The molecule has 2 nitrogen and oxygen atoms in total. The number of carbonyl (C=O) groups is 1. The van der Waals surface area contributed by atoms with Crippen molar-refractivity contribution in [2.24, 2.45) is 5.92 Å². The van der Waals surface area contributed by atoms with Crippen LogP contribution >= 0.6 is 0 Å². The molecule has 17 heavy (non-hydrogen) atoms. The van der Waals surface area contributed by atoms with Gasteiger partial charge in [-0.25, -0.2) is 0 Å². The highest BCUT2D eigenvalue weighted by atomic mass is 16.4. The van der Waals surface area contributed by atoms with Crippen LogP contribution in [-0.2, 0) is 10.2 Å². The van der Waals surface area contributed by atoms with Gasteiger partial charge in [0.05, 0.1) is 0 Å². The van der Waals surface area contributed by atoms with Gasteiger partial charge in [0.1, 0.15) is 0 Å². The van der Waals surface area contributed by atoms with Crippen LogP contribution in [0.25, 0.3) is 0 Å². The van der Waals surface area contributed by atoms with Gasteiger partial charge in [0.15, 0.2) is 0 Å². The lowest BCUT2D eigenvalue weighted by Crippen LogP contribution is -2.45. The van der Waals surface area contributed by atoms with Crippen LogP contribution in [0.3, 0.4) is 0 Å². The van der Waals surface area contributed by atoms with Gasteiger partial charge in [0, 0.05) is 17.3 Å². The Bertz CT molecular complexity index is 377. The van der Waals surface area contributed by atoms with E-state index in [1.54, 1.807) is 6.92 Å². The first kappa shape index (κ1) is 12.2. The minimum atomic E-state index is -0.921. The largest absolute Gasteiger partial charge is 0.550 e. The van der Waals surface area contributed by atoms with Crippen LogP contribution in [0.2, 0.25) is 0 Å². The molecule has 1 atom stereocenters. The summed E-state index contributed by atoms with van der Waals surface area (Å²) in [6, 6.07) is 10.1. The minimum absolute atomic E-state index is 0.210. The third-order valence-corrected chi connectivity index (χ3v) is 4.28. The SMILES string of the molecule is CC(C(=O)[O-])C1(c2ccccc2)CCCCC1. The molecular formula is C15H19O2-. The molecule has 1 fully saturated rings. The van der Waals surface area contributed by atoms with Crippen LogP contribution in [0, 0.1) is 5.92 Å². The van der Waals surface area contributed by atoms with Crippen LogP contribution < -0.4 is 5.11 Å². The molecule has 0 aromatic heterocycles. The molecule has 0 bridgehead atoms. The van der Waals surface area contributed by atoms with Gasteiger partial charge in [-0.3, -0.25) is 0 Å². The Morgan fingerprint density at radius 3 is 2.29 bits per heavy atom. The zero-order chi connectivity index (χ0) is 12.3. The zero-order valence-electron chi connectivity index (χ0n) is 10.3. The normalized spacial score (nSPS) is 20.8. The van der Waals surface area contributed by atoms with Crippen molar-refractivity contribution in [1.29, 1.82) is 0 Å².